The second-order valence-corrected chi connectivity index (χ2v) is 3.84. The van der Waals surface area contributed by atoms with Crippen molar-refractivity contribution in [2.24, 2.45) is 0 Å². The minimum Gasteiger partial charge on any atom is -0.448 e. The molecule has 0 atom stereocenters. The van der Waals surface area contributed by atoms with Gasteiger partial charge in [0.05, 0.1) is 0 Å². The lowest BCUT2D eigenvalue weighted by molar-refractivity contribution is 0.483. The van der Waals surface area contributed by atoms with Crippen LogP contribution >= 0.6 is 0 Å². The molecule has 0 radical (unpaired) electrons. The van der Waals surface area contributed by atoms with Crippen molar-refractivity contribution in [2.75, 3.05) is 5.73 Å². The van der Waals surface area contributed by atoms with Crippen molar-refractivity contribution < 1.29 is 4.42 Å². The molecule has 1 heterocycles. The molecule has 2 aromatic rings. The lowest BCUT2D eigenvalue weighted by Gasteiger charge is -2.04. The largest absolute Gasteiger partial charge is 0.448 e. The fourth-order valence-corrected chi connectivity index (χ4v) is 1.52. The molecule has 1 aromatic carbocycles. The molecule has 0 unspecified atom stereocenters. The Bertz CT molecular complexity index is 443. The lowest BCUT2D eigenvalue weighted by Crippen LogP contribution is -1.90. The summed E-state index contributed by atoms with van der Waals surface area (Å²) in [5, 5.41) is 0. The number of nitrogen functional groups attached to an aromatic ring is 1. The van der Waals surface area contributed by atoms with E-state index in [0.29, 0.717) is 5.92 Å². The molecular formula is C12H14N2O. The second kappa shape index (κ2) is 3.77. The summed E-state index contributed by atoms with van der Waals surface area (Å²) in [4.78, 5) is 4.23. The highest BCUT2D eigenvalue weighted by Gasteiger charge is 2.13. The first kappa shape index (κ1) is 9.77. The van der Waals surface area contributed by atoms with E-state index in [4.69, 9.17) is 10.2 Å². The molecule has 0 spiro atoms. The van der Waals surface area contributed by atoms with Gasteiger partial charge in [-0.1, -0.05) is 26.0 Å². The van der Waals surface area contributed by atoms with Gasteiger partial charge in [0.15, 0.2) is 6.39 Å². The van der Waals surface area contributed by atoms with Crippen LogP contribution in [0.15, 0.2) is 35.1 Å². The molecule has 0 aliphatic carbocycles. The molecule has 3 heteroatoms. The quantitative estimate of drug-likeness (QED) is 0.761. The molecular weight excluding hydrogens is 188 g/mol. The Morgan fingerprint density at radius 2 is 1.87 bits per heavy atom. The van der Waals surface area contributed by atoms with Crippen LogP contribution in [-0.2, 0) is 0 Å². The predicted octanol–water partition coefficient (Wildman–Crippen LogP) is 3.05. The minimum absolute atomic E-state index is 0.333. The van der Waals surface area contributed by atoms with Crippen molar-refractivity contribution in [3.8, 4) is 11.3 Å². The molecule has 0 bridgehead atoms. The summed E-state index contributed by atoms with van der Waals surface area (Å²) in [6.07, 6.45) is 1.49. The monoisotopic (exact) mass is 202 g/mol. The van der Waals surface area contributed by atoms with Gasteiger partial charge in [0.2, 0.25) is 0 Å². The van der Waals surface area contributed by atoms with Gasteiger partial charge in [-0.05, 0) is 12.1 Å². The molecule has 0 saturated carbocycles. The zero-order valence-corrected chi connectivity index (χ0v) is 8.90. The van der Waals surface area contributed by atoms with Crippen LogP contribution in [0.25, 0.3) is 11.3 Å². The van der Waals surface area contributed by atoms with Crippen LogP contribution in [0.3, 0.4) is 0 Å². The van der Waals surface area contributed by atoms with Gasteiger partial charge in [-0.25, -0.2) is 4.98 Å². The Kier molecular flexibility index (Phi) is 2.46. The van der Waals surface area contributed by atoms with Crippen molar-refractivity contribution in [1.82, 2.24) is 4.98 Å². The van der Waals surface area contributed by atoms with Gasteiger partial charge in [-0.2, -0.15) is 0 Å². The van der Waals surface area contributed by atoms with Crippen molar-refractivity contribution in [2.45, 2.75) is 19.8 Å². The predicted molar refractivity (Wildman–Crippen MR) is 60.4 cm³/mol. The number of nitrogens with two attached hydrogens (primary N) is 1. The van der Waals surface area contributed by atoms with E-state index in [2.05, 4.69) is 18.8 Å². The third-order valence-electron chi connectivity index (χ3n) is 2.30. The van der Waals surface area contributed by atoms with Gasteiger partial charge in [-0.3, -0.25) is 0 Å². The zero-order chi connectivity index (χ0) is 10.8. The number of benzene rings is 1. The average molecular weight is 202 g/mol. The minimum atomic E-state index is 0.333. The topological polar surface area (TPSA) is 52.0 Å². The summed E-state index contributed by atoms with van der Waals surface area (Å²) in [6.45, 7) is 4.17. The first-order valence-electron chi connectivity index (χ1n) is 4.98. The van der Waals surface area contributed by atoms with Gasteiger partial charge in [-0.15, -0.1) is 0 Å². The van der Waals surface area contributed by atoms with E-state index < -0.39 is 0 Å². The second-order valence-electron chi connectivity index (χ2n) is 3.84. The van der Waals surface area contributed by atoms with E-state index >= 15 is 0 Å². The molecule has 0 fully saturated rings. The number of oxazole rings is 1. The number of aromatic nitrogens is 1. The number of hydrogen-bond acceptors (Lipinski definition) is 3. The Labute approximate surface area is 88.9 Å². The summed E-state index contributed by atoms with van der Waals surface area (Å²) >= 11 is 0. The Balaban J connectivity index is 2.45. The Morgan fingerprint density at radius 3 is 2.47 bits per heavy atom. The highest BCUT2D eigenvalue weighted by molar-refractivity contribution is 5.63. The van der Waals surface area contributed by atoms with Crippen LogP contribution in [0.4, 0.5) is 5.69 Å². The van der Waals surface area contributed by atoms with Crippen molar-refractivity contribution in [3.63, 3.8) is 0 Å². The van der Waals surface area contributed by atoms with Gasteiger partial charge in [0.25, 0.3) is 0 Å². The third kappa shape index (κ3) is 1.86. The van der Waals surface area contributed by atoms with Crippen LogP contribution in [-0.4, -0.2) is 4.98 Å². The molecule has 2 N–H and O–H groups in total. The zero-order valence-electron chi connectivity index (χ0n) is 8.90. The number of anilines is 1. The molecule has 3 nitrogen and oxygen atoms in total. The maximum atomic E-state index is 5.63. The van der Waals surface area contributed by atoms with E-state index in [1.165, 1.54) is 6.39 Å². The highest BCUT2D eigenvalue weighted by atomic mass is 16.3. The molecule has 1 aromatic heterocycles. The third-order valence-corrected chi connectivity index (χ3v) is 2.30. The molecule has 0 aliphatic rings. The number of hydrogen-bond donors (Lipinski definition) is 1. The van der Waals surface area contributed by atoms with Crippen molar-refractivity contribution >= 4 is 5.69 Å². The molecule has 78 valence electrons. The first-order chi connectivity index (χ1) is 7.18. The van der Waals surface area contributed by atoms with Crippen LogP contribution < -0.4 is 5.73 Å². The molecule has 0 aliphatic heterocycles. The first-order valence-corrected chi connectivity index (χ1v) is 4.98. The van der Waals surface area contributed by atoms with Gasteiger partial charge in [0.1, 0.15) is 11.5 Å². The number of rotatable bonds is 2. The van der Waals surface area contributed by atoms with E-state index in [1.807, 2.05) is 24.3 Å². The highest BCUT2D eigenvalue weighted by Crippen LogP contribution is 2.28. The van der Waals surface area contributed by atoms with Gasteiger partial charge >= 0.3 is 0 Å². The standard InChI is InChI=1S/C12H14N2O/c1-8(2)12-11(14-7-15-12)9-3-5-10(13)6-4-9/h3-8H,13H2,1-2H3. The lowest BCUT2D eigenvalue weighted by atomic mass is 10.0. The Morgan fingerprint density at radius 1 is 1.20 bits per heavy atom. The molecule has 2 rings (SSSR count). The molecule has 0 amide bonds. The van der Waals surface area contributed by atoms with Crippen LogP contribution in [0.5, 0.6) is 0 Å². The maximum Gasteiger partial charge on any atom is 0.181 e. The van der Waals surface area contributed by atoms with E-state index in [1.54, 1.807) is 0 Å². The summed E-state index contributed by atoms with van der Waals surface area (Å²) < 4.78 is 5.37. The fraction of sp³-hybridized carbons (Fsp3) is 0.250. The summed E-state index contributed by atoms with van der Waals surface area (Å²) in [7, 11) is 0. The van der Waals surface area contributed by atoms with Crippen LogP contribution in [0.1, 0.15) is 25.5 Å². The smallest absolute Gasteiger partial charge is 0.181 e. The van der Waals surface area contributed by atoms with Crippen molar-refractivity contribution in [3.05, 3.63) is 36.4 Å². The maximum absolute atomic E-state index is 5.63. The molecule has 0 saturated heterocycles. The van der Waals surface area contributed by atoms with Crippen LogP contribution in [0, 0.1) is 0 Å². The summed E-state index contributed by atoms with van der Waals surface area (Å²) in [6, 6.07) is 7.65. The average Bonchev–Trinajstić information content (AvgIpc) is 2.67. The van der Waals surface area contributed by atoms with Gasteiger partial charge < -0.3 is 10.2 Å². The van der Waals surface area contributed by atoms with E-state index in [0.717, 1.165) is 22.7 Å². The fourth-order valence-electron chi connectivity index (χ4n) is 1.52. The summed E-state index contributed by atoms with van der Waals surface area (Å²) in [5.74, 6) is 1.25. The number of nitrogens with zero attached hydrogens (tertiary/aromatic N) is 1. The van der Waals surface area contributed by atoms with Crippen LogP contribution in [0.2, 0.25) is 0 Å². The Hall–Kier alpha value is -1.77. The summed E-state index contributed by atoms with van der Waals surface area (Å²) in [5.41, 5.74) is 8.34. The van der Waals surface area contributed by atoms with Gasteiger partial charge in [0, 0.05) is 17.2 Å². The SMILES string of the molecule is CC(C)c1ocnc1-c1ccc(N)cc1. The molecule has 15 heavy (non-hydrogen) atoms. The van der Waals surface area contributed by atoms with Crippen molar-refractivity contribution in [1.29, 1.82) is 0 Å². The normalized spacial score (nSPS) is 10.9. The van der Waals surface area contributed by atoms with E-state index in [-0.39, 0.29) is 0 Å². The van der Waals surface area contributed by atoms with E-state index in [9.17, 15) is 0 Å².